The zero-order valence-corrected chi connectivity index (χ0v) is 30.8. The van der Waals surface area contributed by atoms with E-state index in [0.717, 1.165) is 4.57 Å². The molecule has 1 fully saturated rings. The lowest BCUT2D eigenvalue weighted by molar-refractivity contribution is -0.0923. The summed E-state index contributed by atoms with van der Waals surface area (Å²) in [5.41, 5.74) is -0.909. The number of methoxy groups -OCH3 is 2. The van der Waals surface area contributed by atoms with E-state index in [2.05, 4.69) is 4.98 Å². The fourth-order valence-electron chi connectivity index (χ4n) is 6.19. The van der Waals surface area contributed by atoms with Crippen molar-refractivity contribution in [2.45, 2.75) is 37.4 Å². The van der Waals surface area contributed by atoms with Gasteiger partial charge in [-0.2, -0.15) is 8.78 Å². The van der Waals surface area contributed by atoms with Crippen LogP contribution in [0.5, 0.6) is 17.2 Å². The van der Waals surface area contributed by atoms with Crippen molar-refractivity contribution in [2.24, 2.45) is 0 Å². The molecule has 0 saturated carbocycles. The fourth-order valence-corrected chi connectivity index (χ4v) is 7.74. The van der Waals surface area contributed by atoms with Gasteiger partial charge in [-0.25, -0.2) is 18.0 Å². The van der Waals surface area contributed by atoms with E-state index in [0.29, 0.717) is 28.2 Å². The molecule has 1 unspecified atom stereocenters. The molecule has 18 heteroatoms. The molecule has 6 rings (SSSR count). The summed E-state index contributed by atoms with van der Waals surface area (Å²) in [6.07, 6.45) is -2.95. The van der Waals surface area contributed by atoms with Crippen LogP contribution in [0.4, 0.5) is 22.0 Å². The maximum absolute atomic E-state index is 14.6. The number of benzene rings is 4. The van der Waals surface area contributed by atoms with Gasteiger partial charge >= 0.3 is 12.4 Å². The van der Waals surface area contributed by atoms with Crippen molar-refractivity contribution in [2.75, 3.05) is 20.8 Å². The molecule has 2 N–H and O–H groups in total. The maximum Gasteiger partial charge on any atom is 0.378 e. The Bertz CT molecular complexity index is 2270. The molecule has 4 aromatic carbocycles. The van der Waals surface area contributed by atoms with Gasteiger partial charge in [0.1, 0.15) is 35.5 Å². The largest absolute Gasteiger partial charge is 0.497 e. The molecule has 11 nitrogen and oxygen atoms in total. The van der Waals surface area contributed by atoms with Gasteiger partial charge in [0.05, 0.1) is 20.8 Å². The Labute approximate surface area is 315 Å². The van der Waals surface area contributed by atoms with E-state index in [1.54, 1.807) is 60.7 Å². The van der Waals surface area contributed by atoms with Gasteiger partial charge in [0.15, 0.2) is 0 Å². The van der Waals surface area contributed by atoms with E-state index in [1.165, 1.54) is 27.3 Å². The van der Waals surface area contributed by atoms with E-state index in [1.807, 2.05) is 18.2 Å². The molecule has 0 amide bonds. The number of nitrogens with one attached hydrogen (secondary N) is 1. The van der Waals surface area contributed by atoms with Gasteiger partial charge in [-0.15, -0.1) is 0 Å². The second-order valence-electron chi connectivity index (χ2n) is 12.3. The summed E-state index contributed by atoms with van der Waals surface area (Å²) in [5.74, 6) is -12.6. The molecule has 4 atom stereocenters. The van der Waals surface area contributed by atoms with Crippen LogP contribution in [0.25, 0.3) is 0 Å². The summed E-state index contributed by atoms with van der Waals surface area (Å²) in [6.45, 7) is -3.88. The average Bonchev–Trinajstić information content (AvgIpc) is 3.58. The standard InChI is InChI=1S/C37H32F5N2O9PS/c1-20-18-44(36(46)43-35(20)45)28-17-26(52-54(47,55)53-34-32(41)30(39)29(38)31(40)33(34)42)27(51-28)19-50-37(21-7-5-4-6-8-21,22-9-13-24(48-2)14-10-22)23-11-15-25(49-3)16-12-23/h4-16,18,26-28H,17,19H2,1-3H3,(H,47,55)(H,43,45,46)/t26-,27+,28+,54?/m0/s1. The SMILES string of the molecule is COc1ccc(C(OC[C@H]2O[C@@H](n3cc(C)c(=O)[nH]c3=O)C[C@@H]2OP(O)(=S)Oc2c(F)c(F)c(F)c(F)c2F)(c2ccccc2)c2ccc(OC)cc2)cc1. The quantitative estimate of drug-likeness (QED) is 0.0445. The van der Waals surface area contributed by atoms with E-state index in [-0.39, 0.29) is 12.0 Å². The number of hydrogen-bond acceptors (Lipinski definition) is 9. The van der Waals surface area contributed by atoms with E-state index >= 15 is 0 Å². The lowest BCUT2D eigenvalue weighted by atomic mass is 9.80. The number of hydrogen-bond donors (Lipinski definition) is 2. The maximum atomic E-state index is 14.6. The van der Waals surface area contributed by atoms with Crippen molar-refractivity contribution in [3.05, 3.63) is 157 Å². The summed E-state index contributed by atoms with van der Waals surface area (Å²) >= 11 is 5.02. The number of ether oxygens (including phenoxy) is 4. The molecule has 0 bridgehead atoms. The first-order chi connectivity index (χ1) is 26.2. The predicted octanol–water partition coefficient (Wildman–Crippen LogP) is 6.53. The lowest BCUT2D eigenvalue weighted by Crippen LogP contribution is -2.38. The molecular weight excluding hydrogens is 774 g/mol. The zero-order chi connectivity index (χ0) is 39.7. The molecule has 1 saturated heterocycles. The Morgan fingerprint density at radius 2 is 1.35 bits per heavy atom. The Morgan fingerprint density at radius 1 is 0.836 bits per heavy atom. The number of rotatable bonds is 13. The summed E-state index contributed by atoms with van der Waals surface area (Å²) in [4.78, 5) is 38.3. The van der Waals surface area contributed by atoms with Gasteiger partial charge in [0.25, 0.3) is 5.56 Å². The molecule has 0 spiro atoms. The second kappa shape index (κ2) is 16.1. The van der Waals surface area contributed by atoms with E-state index in [4.69, 9.17) is 39.8 Å². The third-order valence-electron chi connectivity index (χ3n) is 8.92. The summed E-state index contributed by atoms with van der Waals surface area (Å²) in [7, 11) is 3.03. The van der Waals surface area contributed by atoms with Crippen molar-refractivity contribution >= 4 is 18.5 Å². The smallest absolute Gasteiger partial charge is 0.378 e. The molecule has 290 valence electrons. The Hall–Kier alpha value is -4.90. The first-order valence-electron chi connectivity index (χ1n) is 16.4. The van der Waals surface area contributed by atoms with Crippen molar-refractivity contribution < 1.29 is 54.8 Å². The van der Waals surface area contributed by atoms with Gasteiger partial charge in [-0.05, 0) is 47.9 Å². The highest BCUT2D eigenvalue weighted by atomic mass is 32.5. The fraction of sp³-hybridized carbons (Fsp3) is 0.243. The summed E-state index contributed by atoms with van der Waals surface area (Å²) < 4.78 is 106. The van der Waals surface area contributed by atoms with Crippen LogP contribution < -0.4 is 25.2 Å². The minimum Gasteiger partial charge on any atom is -0.497 e. The molecule has 1 aliphatic heterocycles. The van der Waals surface area contributed by atoms with Crippen molar-refractivity contribution in [1.82, 2.24) is 9.55 Å². The highest BCUT2D eigenvalue weighted by molar-refractivity contribution is 8.07. The van der Waals surface area contributed by atoms with Crippen molar-refractivity contribution in [1.29, 1.82) is 0 Å². The molecule has 1 aromatic heterocycles. The van der Waals surface area contributed by atoms with Crippen molar-refractivity contribution in [3.8, 4) is 17.2 Å². The van der Waals surface area contributed by atoms with Gasteiger partial charge in [0, 0.05) is 30.0 Å². The van der Waals surface area contributed by atoms with E-state index in [9.17, 15) is 36.4 Å². The summed E-state index contributed by atoms with van der Waals surface area (Å²) in [5, 5.41) is 0. The van der Waals surface area contributed by atoms with Gasteiger partial charge in [0.2, 0.25) is 34.8 Å². The first-order valence-corrected chi connectivity index (χ1v) is 19.0. The number of aromatic nitrogens is 2. The predicted molar refractivity (Wildman–Crippen MR) is 191 cm³/mol. The van der Waals surface area contributed by atoms with Crippen LogP contribution in [-0.2, 0) is 31.4 Å². The van der Waals surface area contributed by atoms with Gasteiger partial charge in [-0.3, -0.25) is 18.9 Å². The van der Waals surface area contributed by atoms with Crippen LogP contribution in [-0.4, -0.2) is 47.5 Å². The molecule has 0 radical (unpaired) electrons. The summed E-state index contributed by atoms with van der Waals surface area (Å²) in [6, 6.07) is 23.2. The van der Waals surface area contributed by atoms with Crippen LogP contribution >= 0.6 is 6.72 Å². The van der Waals surface area contributed by atoms with Crippen LogP contribution in [0.15, 0.2) is 94.6 Å². The molecule has 55 heavy (non-hydrogen) atoms. The number of H-pyrrole nitrogens is 1. The third-order valence-corrected chi connectivity index (χ3v) is 10.4. The average molecular weight is 807 g/mol. The van der Waals surface area contributed by atoms with Gasteiger partial charge in [-0.1, -0.05) is 54.6 Å². The van der Waals surface area contributed by atoms with Crippen LogP contribution in [0, 0.1) is 36.0 Å². The van der Waals surface area contributed by atoms with E-state index < -0.39 is 83.4 Å². The number of nitrogens with zero attached hydrogens (tertiary/aromatic N) is 1. The van der Waals surface area contributed by atoms with Crippen LogP contribution in [0.3, 0.4) is 0 Å². The normalized spacial score (nSPS) is 18.2. The zero-order valence-electron chi connectivity index (χ0n) is 29.1. The molecule has 5 aromatic rings. The lowest BCUT2D eigenvalue weighted by Gasteiger charge is -2.37. The molecule has 1 aliphatic rings. The monoisotopic (exact) mass is 806 g/mol. The van der Waals surface area contributed by atoms with Crippen molar-refractivity contribution in [3.63, 3.8) is 0 Å². The third kappa shape index (κ3) is 7.94. The van der Waals surface area contributed by atoms with Crippen LogP contribution in [0.1, 0.15) is 34.9 Å². The van der Waals surface area contributed by atoms with Crippen LogP contribution in [0.2, 0.25) is 0 Å². The topological polar surface area (TPSA) is 130 Å². The minimum absolute atomic E-state index is 0.143. The number of aromatic amines is 1. The van der Waals surface area contributed by atoms with Gasteiger partial charge < -0.3 is 28.4 Å². The first kappa shape index (κ1) is 39.8. The molecule has 2 heterocycles. The number of aryl methyl sites for hydroxylation is 1. The Kier molecular flexibility index (Phi) is 11.6. The number of halogens is 5. The Morgan fingerprint density at radius 3 is 1.87 bits per heavy atom. The molecule has 0 aliphatic carbocycles. The Balaban J connectivity index is 1.42. The minimum atomic E-state index is -4.92. The highest BCUT2D eigenvalue weighted by Crippen LogP contribution is 2.51. The highest BCUT2D eigenvalue weighted by Gasteiger charge is 2.45. The molecular formula is C37H32F5N2O9PS. The second-order valence-corrected chi connectivity index (χ2v) is 15.0.